The van der Waals surface area contributed by atoms with Gasteiger partial charge in [-0.1, -0.05) is 260 Å². The molecule has 0 spiro atoms. The van der Waals surface area contributed by atoms with Gasteiger partial charge in [-0.3, -0.25) is 0 Å². The van der Waals surface area contributed by atoms with Crippen LogP contribution in [0.4, 0.5) is 0 Å². The minimum absolute atomic E-state index is 0. The number of rotatable bonds is 40. The number of hydrogen-bond acceptors (Lipinski definition) is 0. The topological polar surface area (TPSA) is 0 Å². The summed E-state index contributed by atoms with van der Waals surface area (Å²) >= 11 is 0. The van der Waals surface area contributed by atoms with Crippen molar-refractivity contribution < 1.29 is 1.43 Å². The Kier molecular flexibility index (Phi) is 38.8. The van der Waals surface area contributed by atoms with E-state index in [9.17, 15) is 0 Å². The quantitative estimate of drug-likeness (QED) is 0.0572. The molecule has 0 aliphatic carbocycles. The average molecular weight is 664 g/mol. The third kappa shape index (κ3) is 32.9. The lowest BCUT2D eigenvalue weighted by molar-refractivity contribution is 0.224. The van der Waals surface area contributed by atoms with Gasteiger partial charge in [0.05, 0.1) is 0 Å². The summed E-state index contributed by atoms with van der Waals surface area (Å²) in [5, 5.41) is 0. The lowest BCUT2D eigenvalue weighted by Gasteiger charge is -2.30. The summed E-state index contributed by atoms with van der Waals surface area (Å²) in [5.74, 6) is 3.94. The fourth-order valence-electron chi connectivity index (χ4n) is 8.62. The van der Waals surface area contributed by atoms with Gasteiger partial charge in [-0.15, -0.1) is 0 Å². The van der Waals surface area contributed by atoms with Crippen molar-refractivity contribution in [2.75, 3.05) is 0 Å². The molecule has 0 saturated heterocycles. The third-order valence-corrected chi connectivity index (χ3v) is 12.0. The van der Waals surface area contributed by atoms with Crippen LogP contribution >= 0.6 is 0 Å². The van der Waals surface area contributed by atoms with Crippen LogP contribution < -0.4 is 0 Å². The molecule has 4 atom stereocenters. The van der Waals surface area contributed by atoms with Crippen LogP contribution in [0.5, 0.6) is 0 Å². The van der Waals surface area contributed by atoms with E-state index in [1.54, 1.807) is 19.3 Å². The first kappa shape index (κ1) is 47.0. The fourth-order valence-corrected chi connectivity index (χ4v) is 8.62. The van der Waals surface area contributed by atoms with Crippen molar-refractivity contribution >= 4 is 0 Å². The second-order valence-electron chi connectivity index (χ2n) is 16.6. The minimum Gasteiger partial charge on any atom is -0.0654 e. The van der Waals surface area contributed by atoms with E-state index in [0.29, 0.717) is 0 Å². The molecule has 0 aliphatic heterocycles. The van der Waals surface area contributed by atoms with Crippen LogP contribution in [0.2, 0.25) is 0 Å². The smallest absolute Gasteiger partial charge is 0 e. The highest BCUT2D eigenvalue weighted by molar-refractivity contribution is 4.74. The highest BCUT2D eigenvalue weighted by Crippen LogP contribution is 2.36. The third-order valence-electron chi connectivity index (χ3n) is 12.0. The summed E-state index contributed by atoms with van der Waals surface area (Å²) in [5.41, 5.74) is 0. The predicted molar refractivity (Wildman–Crippen MR) is 221 cm³/mol. The zero-order valence-electron chi connectivity index (χ0n) is 34.5. The predicted octanol–water partition coefficient (Wildman–Crippen LogP) is 18.3. The van der Waals surface area contributed by atoms with Crippen molar-refractivity contribution in [2.24, 2.45) is 23.7 Å². The summed E-state index contributed by atoms with van der Waals surface area (Å²) < 4.78 is 0. The Balaban J connectivity index is 0. The lowest BCUT2D eigenvalue weighted by atomic mass is 9.76. The standard InChI is InChI=1S/C47H96.H2/c1-7-13-17-21-25-29-33-37-44(11-5)41-46(39-35-31-27-23-19-15-9-3)43-47(40-36-32-28-24-20-16-10-4)42-45(12-6)38-34-30-26-22-18-14-8-2;/h44-47H,7-43H2,1-6H3;1H/i;1+1. The molecular formula is C47H98. The van der Waals surface area contributed by atoms with Gasteiger partial charge in [0.2, 0.25) is 0 Å². The number of hydrogen-bond donors (Lipinski definition) is 0. The largest absolute Gasteiger partial charge is 0.0654 e. The van der Waals surface area contributed by atoms with Crippen molar-refractivity contribution in [3.63, 3.8) is 0 Å². The van der Waals surface area contributed by atoms with Crippen LogP contribution in [-0.4, -0.2) is 0 Å². The van der Waals surface area contributed by atoms with Gasteiger partial charge in [-0.2, -0.15) is 0 Å². The molecule has 0 aromatic heterocycles. The summed E-state index contributed by atoms with van der Waals surface area (Å²) in [7, 11) is 0. The van der Waals surface area contributed by atoms with E-state index in [0.717, 1.165) is 23.7 Å². The van der Waals surface area contributed by atoms with E-state index in [1.165, 1.54) is 218 Å². The van der Waals surface area contributed by atoms with Gasteiger partial charge in [0.15, 0.2) is 0 Å². The molecule has 0 nitrogen and oxygen atoms in total. The first-order valence-corrected chi connectivity index (χ1v) is 23.1. The Bertz CT molecular complexity index is 509. The first-order chi connectivity index (χ1) is 23.1. The molecule has 0 aromatic carbocycles. The van der Waals surface area contributed by atoms with E-state index in [-0.39, 0.29) is 1.43 Å². The molecule has 0 bridgehead atoms. The van der Waals surface area contributed by atoms with Crippen LogP contribution in [0.25, 0.3) is 0 Å². The second-order valence-corrected chi connectivity index (χ2v) is 16.6. The molecule has 0 heterocycles. The molecule has 0 fully saturated rings. The Hall–Kier alpha value is 0. The van der Waals surface area contributed by atoms with Crippen molar-refractivity contribution in [3.8, 4) is 0 Å². The maximum absolute atomic E-state index is 2.52. The van der Waals surface area contributed by atoms with Gasteiger partial charge < -0.3 is 0 Å². The summed E-state index contributed by atoms with van der Waals surface area (Å²) in [6.45, 7) is 14.4. The van der Waals surface area contributed by atoms with Gasteiger partial charge >= 0.3 is 0 Å². The van der Waals surface area contributed by atoms with Gasteiger partial charge in [-0.25, -0.2) is 0 Å². The Morgan fingerprint density at radius 1 is 0.234 bits per heavy atom. The molecular weight excluding hydrogens is 565 g/mol. The van der Waals surface area contributed by atoms with Gasteiger partial charge in [0.25, 0.3) is 0 Å². The molecule has 0 saturated carbocycles. The molecule has 0 aromatic rings. The maximum atomic E-state index is 2.52. The SMILES string of the molecule is CCCCCCCCCC(CC)CC(CCCCCCCCC)CC(CCCCCCCCC)CC(CC)CCCCCCCCC.[2HH]. The molecule has 0 aliphatic rings. The Morgan fingerprint density at radius 3 is 0.660 bits per heavy atom. The average Bonchev–Trinajstić information content (AvgIpc) is 3.08. The van der Waals surface area contributed by atoms with Gasteiger partial charge in [0, 0.05) is 1.43 Å². The maximum Gasteiger partial charge on any atom is 0 e. The van der Waals surface area contributed by atoms with E-state index in [1.807, 2.05) is 0 Å². The normalized spacial score (nSPS) is 14.4. The van der Waals surface area contributed by atoms with Crippen LogP contribution in [0, 0.1) is 23.7 Å². The molecule has 0 heteroatoms. The molecule has 47 heavy (non-hydrogen) atoms. The zero-order chi connectivity index (χ0) is 34.5. The minimum atomic E-state index is 0. The second kappa shape index (κ2) is 38.8. The molecule has 0 rings (SSSR count). The van der Waals surface area contributed by atoms with Crippen LogP contribution in [0.1, 0.15) is 281 Å². The molecule has 0 N–H and O–H groups in total. The van der Waals surface area contributed by atoms with Crippen LogP contribution in [-0.2, 0) is 0 Å². The van der Waals surface area contributed by atoms with Crippen molar-refractivity contribution in [1.29, 1.82) is 0 Å². The number of unbranched alkanes of at least 4 members (excludes halogenated alkanes) is 24. The monoisotopic (exact) mass is 664 g/mol. The summed E-state index contributed by atoms with van der Waals surface area (Å²) in [6, 6.07) is 0. The molecule has 4 unspecified atom stereocenters. The first-order valence-electron chi connectivity index (χ1n) is 23.1. The van der Waals surface area contributed by atoms with Crippen LogP contribution in [0.3, 0.4) is 0 Å². The highest BCUT2D eigenvalue weighted by atomic mass is 14.3. The summed E-state index contributed by atoms with van der Waals surface area (Å²) in [4.78, 5) is 0. The van der Waals surface area contributed by atoms with E-state index < -0.39 is 0 Å². The summed E-state index contributed by atoms with van der Waals surface area (Å²) in [6.07, 6.45) is 54.5. The zero-order valence-corrected chi connectivity index (χ0v) is 34.5. The molecule has 0 radical (unpaired) electrons. The highest BCUT2D eigenvalue weighted by Gasteiger charge is 2.22. The van der Waals surface area contributed by atoms with Crippen LogP contribution in [0.15, 0.2) is 0 Å². The van der Waals surface area contributed by atoms with E-state index in [2.05, 4.69) is 41.5 Å². The van der Waals surface area contributed by atoms with Gasteiger partial charge in [-0.05, 0) is 42.9 Å². The van der Waals surface area contributed by atoms with Crippen molar-refractivity contribution in [1.82, 2.24) is 0 Å². The molecule has 286 valence electrons. The van der Waals surface area contributed by atoms with Crippen molar-refractivity contribution in [3.05, 3.63) is 0 Å². The van der Waals surface area contributed by atoms with E-state index in [4.69, 9.17) is 0 Å². The lowest BCUT2D eigenvalue weighted by Crippen LogP contribution is -2.17. The Morgan fingerprint density at radius 2 is 0.426 bits per heavy atom. The Labute approximate surface area is 303 Å². The van der Waals surface area contributed by atoms with Gasteiger partial charge in [0.1, 0.15) is 0 Å². The fraction of sp³-hybridized carbons (Fsp3) is 1.00. The molecule has 0 amide bonds. The van der Waals surface area contributed by atoms with E-state index >= 15 is 0 Å². The van der Waals surface area contributed by atoms with Crippen molar-refractivity contribution in [2.45, 2.75) is 279 Å².